The van der Waals surface area contributed by atoms with E-state index in [1.54, 1.807) is 22.7 Å². The Labute approximate surface area is 226 Å². The molecule has 0 saturated heterocycles. The molecule has 4 nitrogen and oxygen atoms in total. The molecule has 0 saturated carbocycles. The number of ether oxygens (including phenoxy) is 4. The van der Waals surface area contributed by atoms with Crippen LogP contribution >= 0.6 is 22.7 Å². The fraction of sp³-hybridized carbons (Fsp3) is 0.355. The van der Waals surface area contributed by atoms with Crippen molar-refractivity contribution in [3.63, 3.8) is 0 Å². The Kier molecular flexibility index (Phi) is 7.65. The van der Waals surface area contributed by atoms with Crippen LogP contribution in [-0.2, 0) is 0 Å². The molecular formula is C31H32O4S2. The smallest absolute Gasteiger partial charge is 0.131 e. The fourth-order valence-electron chi connectivity index (χ4n) is 4.87. The van der Waals surface area contributed by atoms with Crippen LogP contribution in [0.5, 0.6) is 23.0 Å². The summed E-state index contributed by atoms with van der Waals surface area (Å²) in [6.07, 6.45) is 7.27. The molecule has 0 spiro atoms. The Morgan fingerprint density at radius 2 is 0.703 bits per heavy atom. The molecule has 0 amide bonds. The molecule has 0 fully saturated rings. The summed E-state index contributed by atoms with van der Waals surface area (Å²) in [4.78, 5) is 4.82. The standard InChI is InChI=1S/C31H32O4S2/c1-2-5-19-33-23-11-9-13-25-31(23)29-17-15-27(37-29)26-14-16-28(36-26)30-22(32-18-4-1)10-8-12-24(30)34-20-6-3-7-21-35-25/h8-17H,1-7,18-21H2. The van der Waals surface area contributed by atoms with Gasteiger partial charge in [0.05, 0.1) is 37.6 Å². The summed E-state index contributed by atoms with van der Waals surface area (Å²) in [5.74, 6) is 3.63. The molecule has 192 valence electrons. The number of hydrogen-bond donors (Lipinski definition) is 0. The van der Waals surface area contributed by atoms with Gasteiger partial charge in [0.1, 0.15) is 23.0 Å². The summed E-state index contributed by atoms with van der Waals surface area (Å²) in [6.45, 7) is 2.76. The molecule has 4 aromatic rings. The molecule has 0 radical (unpaired) electrons. The monoisotopic (exact) mass is 532 g/mol. The second-order valence-electron chi connectivity index (χ2n) is 9.46. The van der Waals surface area contributed by atoms with Crippen molar-refractivity contribution in [3.8, 4) is 53.6 Å². The van der Waals surface area contributed by atoms with E-state index in [2.05, 4.69) is 48.5 Å². The number of thiophene rings is 2. The van der Waals surface area contributed by atoms with E-state index in [0.717, 1.165) is 79.1 Å². The highest BCUT2D eigenvalue weighted by molar-refractivity contribution is 7.25. The van der Waals surface area contributed by atoms with Crippen molar-refractivity contribution in [2.75, 3.05) is 26.4 Å². The maximum atomic E-state index is 6.35. The number of benzene rings is 2. The lowest BCUT2D eigenvalue weighted by atomic mass is 10.1. The normalized spacial score (nSPS) is 16.3. The summed E-state index contributed by atoms with van der Waals surface area (Å²) in [5, 5.41) is 0. The Morgan fingerprint density at radius 1 is 0.378 bits per heavy atom. The highest BCUT2D eigenvalue weighted by Crippen LogP contribution is 2.48. The van der Waals surface area contributed by atoms with Gasteiger partial charge in [-0.25, -0.2) is 0 Å². The predicted molar refractivity (Wildman–Crippen MR) is 153 cm³/mol. The van der Waals surface area contributed by atoms with Crippen LogP contribution in [0, 0.1) is 0 Å². The van der Waals surface area contributed by atoms with Crippen LogP contribution in [0.4, 0.5) is 0 Å². The number of rotatable bonds is 0. The van der Waals surface area contributed by atoms with Gasteiger partial charge in [-0.1, -0.05) is 12.1 Å². The van der Waals surface area contributed by atoms with Crippen LogP contribution in [0.25, 0.3) is 30.6 Å². The molecule has 0 atom stereocenters. The van der Waals surface area contributed by atoms with E-state index in [-0.39, 0.29) is 0 Å². The molecule has 2 aliphatic heterocycles. The van der Waals surface area contributed by atoms with Gasteiger partial charge in [-0.15, -0.1) is 22.7 Å². The maximum absolute atomic E-state index is 6.35. The van der Waals surface area contributed by atoms with Crippen LogP contribution in [-0.4, -0.2) is 26.4 Å². The van der Waals surface area contributed by atoms with Crippen LogP contribution in [0.2, 0.25) is 0 Å². The minimum absolute atomic E-state index is 0.678. The van der Waals surface area contributed by atoms with E-state index < -0.39 is 0 Å². The predicted octanol–water partition coefficient (Wildman–Crippen LogP) is 9.08. The molecule has 0 aliphatic carbocycles. The van der Waals surface area contributed by atoms with Gasteiger partial charge in [0.2, 0.25) is 0 Å². The summed E-state index contributed by atoms with van der Waals surface area (Å²) in [5.41, 5.74) is 2.15. The zero-order chi connectivity index (χ0) is 24.9. The van der Waals surface area contributed by atoms with E-state index in [1.165, 1.54) is 19.5 Å². The van der Waals surface area contributed by atoms with E-state index in [9.17, 15) is 0 Å². The second kappa shape index (κ2) is 11.6. The van der Waals surface area contributed by atoms with Crippen molar-refractivity contribution >= 4 is 22.7 Å². The third kappa shape index (κ3) is 5.51. The Bertz CT molecular complexity index is 1240. The largest absolute Gasteiger partial charge is 0.493 e. The summed E-state index contributed by atoms with van der Waals surface area (Å²) < 4.78 is 25.4. The Hall–Kier alpha value is -2.96. The average Bonchev–Trinajstić information content (AvgIpc) is 3.59. The van der Waals surface area contributed by atoms with Crippen molar-refractivity contribution in [3.05, 3.63) is 60.7 Å². The Morgan fingerprint density at radius 3 is 1.08 bits per heavy atom. The first-order valence-electron chi connectivity index (χ1n) is 13.3. The molecule has 6 rings (SSSR count). The van der Waals surface area contributed by atoms with Gasteiger partial charge in [0.15, 0.2) is 0 Å². The third-order valence-corrected chi connectivity index (χ3v) is 9.18. The molecular weight excluding hydrogens is 500 g/mol. The topological polar surface area (TPSA) is 36.9 Å². The number of hydrogen-bond acceptors (Lipinski definition) is 6. The lowest BCUT2D eigenvalue weighted by Gasteiger charge is -2.16. The SMILES string of the molecule is c1cc2c3c(c1)OCCCCCOc1cccc(c1-c1ccc(s1)-c1ccc-3s1)OCCCCCCO2. The zero-order valence-corrected chi connectivity index (χ0v) is 22.6. The van der Waals surface area contributed by atoms with Gasteiger partial charge >= 0.3 is 0 Å². The van der Waals surface area contributed by atoms with Crippen molar-refractivity contribution in [2.45, 2.75) is 44.9 Å². The minimum atomic E-state index is 0.678. The molecule has 2 aromatic heterocycles. The van der Waals surface area contributed by atoms with Crippen LogP contribution in [0.15, 0.2) is 60.7 Å². The van der Waals surface area contributed by atoms with Crippen molar-refractivity contribution in [1.29, 1.82) is 0 Å². The highest BCUT2D eigenvalue weighted by Gasteiger charge is 2.20. The molecule has 0 unspecified atom stereocenters. The molecule has 2 aromatic carbocycles. The minimum Gasteiger partial charge on any atom is -0.493 e. The van der Waals surface area contributed by atoms with E-state index in [4.69, 9.17) is 18.9 Å². The summed E-state index contributed by atoms with van der Waals surface area (Å²) in [7, 11) is 0. The Balaban J connectivity index is 1.48. The lowest BCUT2D eigenvalue weighted by molar-refractivity contribution is 0.277. The molecule has 0 N–H and O–H groups in total. The van der Waals surface area contributed by atoms with Gasteiger partial charge in [-0.2, -0.15) is 0 Å². The summed E-state index contributed by atoms with van der Waals surface area (Å²) in [6, 6.07) is 21.2. The molecule has 6 bridgehead atoms. The molecule has 6 heteroatoms. The molecule has 37 heavy (non-hydrogen) atoms. The van der Waals surface area contributed by atoms with Crippen LogP contribution in [0.1, 0.15) is 44.9 Å². The van der Waals surface area contributed by atoms with Crippen molar-refractivity contribution in [1.82, 2.24) is 0 Å². The van der Waals surface area contributed by atoms with Crippen LogP contribution < -0.4 is 18.9 Å². The van der Waals surface area contributed by atoms with Crippen LogP contribution in [0.3, 0.4) is 0 Å². The zero-order valence-electron chi connectivity index (χ0n) is 21.0. The van der Waals surface area contributed by atoms with Gasteiger partial charge in [-0.05, 0) is 93.5 Å². The quantitative estimate of drug-likeness (QED) is 0.226. The van der Waals surface area contributed by atoms with Gasteiger partial charge in [0, 0.05) is 19.5 Å². The van der Waals surface area contributed by atoms with Crippen molar-refractivity contribution in [2.24, 2.45) is 0 Å². The highest BCUT2D eigenvalue weighted by atomic mass is 32.1. The fourth-order valence-corrected chi connectivity index (χ4v) is 7.08. The first-order valence-corrected chi connectivity index (χ1v) is 15.0. The maximum Gasteiger partial charge on any atom is 0.131 e. The third-order valence-electron chi connectivity index (χ3n) is 6.78. The lowest BCUT2D eigenvalue weighted by Crippen LogP contribution is -2.04. The van der Waals surface area contributed by atoms with E-state index in [0.29, 0.717) is 26.4 Å². The first-order chi connectivity index (χ1) is 18.4. The average molecular weight is 533 g/mol. The molecule has 4 heterocycles. The second-order valence-corrected chi connectivity index (χ2v) is 11.6. The van der Waals surface area contributed by atoms with E-state index >= 15 is 0 Å². The van der Waals surface area contributed by atoms with Crippen molar-refractivity contribution < 1.29 is 18.9 Å². The van der Waals surface area contributed by atoms with Gasteiger partial charge < -0.3 is 18.9 Å². The van der Waals surface area contributed by atoms with Gasteiger partial charge in [-0.3, -0.25) is 0 Å². The van der Waals surface area contributed by atoms with E-state index in [1.807, 2.05) is 12.1 Å². The first kappa shape index (κ1) is 24.4. The molecule has 2 aliphatic rings. The van der Waals surface area contributed by atoms with Gasteiger partial charge in [0.25, 0.3) is 0 Å². The summed E-state index contributed by atoms with van der Waals surface area (Å²) >= 11 is 3.58.